The van der Waals surface area contributed by atoms with Gasteiger partial charge >= 0.3 is 0 Å². The molecule has 2 aromatic carbocycles. The second-order valence-corrected chi connectivity index (χ2v) is 8.50. The summed E-state index contributed by atoms with van der Waals surface area (Å²) in [4.78, 5) is 27.7. The van der Waals surface area contributed by atoms with Crippen LogP contribution in [0, 0.1) is 0 Å². The van der Waals surface area contributed by atoms with Gasteiger partial charge in [0.05, 0.1) is 36.8 Å². The van der Waals surface area contributed by atoms with Gasteiger partial charge in [-0.15, -0.1) is 0 Å². The highest BCUT2D eigenvalue weighted by atomic mass is 16.3. The Morgan fingerprint density at radius 3 is 2.51 bits per heavy atom. The average Bonchev–Trinajstić information content (AvgIpc) is 3.65. The van der Waals surface area contributed by atoms with Crippen LogP contribution in [0.4, 0.5) is 5.82 Å². The van der Waals surface area contributed by atoms with Gasteiger partial charge in [-0.25, -0.2) is 4.68 Å². The van der Waals surface area contributed by atoms with Crippen LogP contribution in [0.15, 0.2) is 89.5 Å². The molecule has 178 valence electrons. The summed E-state index contributed by atoms with van der Waals surface area (Å²) >= 11 is 0. The first-order chi connectivity index (χ1) is 17.2. The molecule has 0 radical (unpaired) electrons. The number of carbonyl (C=O) groups is 2. The zero-order chi connectivity index (χ0) is 24.0. The molecule has 0 bridgehead atoms. The number of aromatic nitrogens is 2. The molecule has 8 nitrogen and oxygen atoms in total. The van der Waals surface area contributed by atoms with Crippen LogP contribution in [0.2, 0.25) is 0 Å². The Balaban J connectivity index is 1.29. The molecule has 0 aliphatic carbocycles. The Hall–Kier alpha value is -4.17. The van der Waals surface area contributed by atoms with E-state index in [9.17, 15) is 9.59 Å². The van der Waals surface area contributed by atoms with Crippen molar-refractivity contribution in [1.29, 1.82) is 0 Å². The molecular formula is C27H27N5O3. The highest BCUT2D eigenvalue weighted by Crippen LogP contribution is 2.25. The van der Waals surface area contributed by atoms with Crippen molar-refractivity contribution in [3.05, 3.63) is 90.9 Å². The topological polar surface area (TPSA) is 92.4 Å². The van der Waals surface area contributed by atoms with E-state index >= 15 is 0 Å². The minimum absolute atomic E-state index is 0.0904. The highest BCUT2D eigenvalue weighted by Gasteiger charge is 2.32. The smallest absolute Gasteiger partial charge is 0.239 e. The van der Waals surface area contributed by atoms with Crippen molar-refractivity contribution in [2.75, 3.05) is 18.4 Å². The highest BCUT2D eigenvalue weighted by molar-refractivity contribution is 5.93. The van der Waals surface area contributed by atoms with Gasteiger partial charge in [0.1, 0.15) is 11.6 Å². The van der Waals surface area contributed by atoms with Gasteiger partial charge in [-0.3, -0.25) is 14.5 Å². The van der Waals surface area contributed by atoms with Crippen LogP contribution in [0.1, 0.15) is 18.6 Å². The van der Waals surface area contributed by atoms with E-state index in [1.807, 2.05) is 77.7 Å². The lowest BCUT2D eigenvalue weighted by Crippen LogP contribution is -2.45. The normalized spacial score (nSPS) is 15.7. The predicted octanol–water partition coefficient (Wildman–Crippen LogP) is 3.85. The number of anilines is 1. The van der Waals surface area contributed by atoms with Gasteiger partial charge in [0.2, 0.25) is 11.8 Å². The summed E-state index contributed by atoms with van der Waals surface area (Å²) in [6, 6.07) is 24.7. The molecule has 1 unspecified atom stereocenters. The van der Waals surface area contributed by atoms with E-state index in [-0.39, 0.29) is 24.4 Å². The van der Waals surface area contributed by atoms with Crippen molar-refractivity contribution in [3.8, 4) is 16.9 Å². The number of likely N-dealkylation sites (tertiary alicyclic amines) is 1. The Morgan fingerprint density at radius 2 is 1.77 bits per heavy atom. The molecule has 1 fully saturated rings. The fourth-order valence-electron chi connectivity index (χ4n) is 4.37. The van der Waals surface area contributed by atoms with Gasteiger partial charge in [-0.2, -0.15) is 5.10 Å². The molecule has 2 amide bonds. The Bertz CT molecular complexity index is 1270. The van der Waals surface area contributed by atoms with Crippen LogP contribution >= 0.6 is 0 Å². The molecule has 0 saturated carbocycles. The van der Waals surface area contributed by atoms with Crippen molar-refractivity contribution in [2.24, 2.45) is 0 Å². The number of benzene rings is 2. The third-order valence-corrected chi connectivity index (χ3v) is 6.08. The van der Waals surface area contributed by atoms with Crippen molar-refractivity contribution in [2.45, 2.75) is 25.4 Å². The number of furan rings is 1. The van der Waals surface area contributed by atoms with E-state index < -0.39 is 0 Å². The molecule has 1 atom stereocenters. The van der Waals surface area contributed by atoms with E-state index in [1.165, 1.54) is 0 Å². The number of carbonyl (C=O) groups excluding carboxylic acids is 2. The molecule has 8 heteroatoms. The predicted molar refractivity (Wildman–Crippen MR) is 133 cm³/mol. The van der Waals surface area contributed by atoms with Gasteiger partial charge in [-0.1, -0.05) is 48.5 Å². The molecule has 0 spiro atoms. The van der Waals surface area contributed by atoms with Gasteiger partial charge in [0.25, 0.3) is 0 Å². The molecule has 2 N–H and O–H groups in total. The van der Waals surface area contributed by atoms with E-state index in [0.29, 0.717) is 24.7 Å². The van der Waals surface area contributed by atoms with Crippen LogP contribution < -0.4 is 10.6 Å². The number of rotatable bonds is 8. The minimum atomic E-state index is -0.338. The van der Waals surface area contributed by atoms with Crippen LogP contribution in [-0.2, 0) is 16.1 Å². The molecular weight excluding hydrogens is 442 g/mol. The molecule has 4 aromatic rings. The minimum Gasteiger partial charge on any atom is -0.467 e. The van der Waals surface area contributed by atoms with Gasteiger partial charge < -0.3 is 15.1 Å². The second-order valence-electron chi connectivity index (χ2n) is 8.50. The van der Waals surface area contributed by atoms with E-state index in [0.717, 1.165) is 29.8 Å². The molecule has 35 heavy (non-hydrogen) atoms. The maximum absolute atomic E-state index is 13.1. The van der Waals surface area contributed by atoms with Gasteiger partial charge in [-0.05, 0) is 43.7 Å². The number of hydrogen-bond acceptors (Lipinski definition) is 5. The van der Waals surface area contributed by atoms with Crippen molar-refractivity contribution in [3.63, 3.8) is 0 Å². The number of amides is 2. The maximum atomic E-state index is 13.1. The monoisotopic (exact) mass is 469 g/mol. The molecule has 1 aliphatic heterocycles. The summed E-state index contributed by atoms with van der Waals surface area (Å²) in [6.45, 7) is 1.15. The second kappa shape index (κ2) is 10.4. The summed E-state index contributed by atoms with van der Waals surface area (Å²) in [7, 11) is 0. The van der Waals surface area contributed by atoms with Gasteiger partial charge in [0, 0.05) is 11.6 Å². The number of nitrogens with zero attached hydrogens (tertiary/aromatic N) is 3. The molecule has 1 saturated heterocycles. The molecule has 2 aromatic heterocycles. The Morgan fingerprint density at radius 1 is 1.00 bits per heavy atom. The van der Waals surface area contributed by atoms with Gasteiger partial charge in [0.15, 0.2) is 0 Å². The van der Waals surface area contributed by atoms with E-state index in [4.69, 9.17) is 9.52 Å². The zero-order valence-corrected chi connectivity index (χ0v) is 19.3. The third kappa shape index (κ3) is 5.33. The summed E-state index contributed by atoms with van der Waals surface area (Å²) in [5.74, 6) is 1.00. The molecule has 1 aliphatic rings. The number of para-hydroxylation sites is 1. The summed E-state index contributed by atoms with van der Waals surface area (Å²) in [5.41, 5.74) is 2.58. The van der Waals surface area contributed by atoms with Crippen LogP contribution in [0.5, 0.6) is 0 Å². The fourth-order valence-corrected chi connectivity index (χ4v) is 4.37. The first kappa shape index (κ1) is 22.6. The Labute approximate surface area is 203 Å². The van der Waals surface area contributed by atoms with Crippen LogP contribution in [0.25, 0.3) is 16.9 Å². The largest absolute Gasteiger partial charge is 0.467 e. The average molecular weight is 470 g/mol. The lowest BCUT2D eigenvalue weighted by atomic mass is 10.1. The van der Waals surface area contributed by atoms with E-state index in [2.05, 4.69) is 10.6 Å². The van der Waals surface area contributed by atoms with Crippen molar-refractivity contribution in [1.82, 2.24) is 20.0 Å². The summed E-state index contributed by atoms with van der Waals surface area (Å²) in [6.07, 6.45) is 3.17. The zero-order valence-electron chi connectivity index (χ0n) is 19.3. The fraction of sp³-hybridized carbons (Fsp3) is 0.222. The first-order valence-electron chi connectivity index (χ1n) is 11.7. The van der Waals surface area contributed by atoms with Crippen LogP contribution in [-0.4, -0.2) is 45.6 Å². The quantitative estimate of drug-likeness (QED) is 0.409. The van der Waals surface area contributed by atoms with Crippen LogP contribution in [0.3, 0.4) is 0 Å². The Kier molecular flexibility index (Phi) is 6.72. The standard InChI is InChI=1S/C27H27N5O3/c33-26(19-31-15-7-14-24(31)27(34)28-18-22-13-8-16-35-22)29-25-17-23(20-9-3-1-4-10-20)30-32(25)21-11-5-2-6-12-21/h1-6,8-13,16-17,24H,7,14-15,18-19H2,(H,28,34)(H,29,33). The first-order valence-corrected chi connectivity index (χ1v) is 11.7. The number of hydrogen-bond donors (Lipinski definition) is 2. The number of nitrogens with one attached hydrogen (secondary N) is 2. The van der Waals surface area contributed by atoms with Crippen molar-refractivity contribution < 1.29 is 14.0 Å². The summed E-state index contributed by atoms with van der Waals surface area (Å²) in [5, 5.41) is 10.7. The summed E-state index contributed by atoms with van der Waals surface area (Å²) < 4.78 is 7.02. The maximum Gasteiger partial charge on any atom is 0.239 e. The molecule has 3 heterocycles. The lowest BCUT2D eigenvalue weighted by molar-refractivity contribution is -0.126. The third-order valence-electron chi connectivity index (χ3n) is 6.08. The SMILES string of the molecule is O=C(CN1CCCC1C(=O)NCc1ccco1)Nc1cc(-c2ccccc2)nn1-c1ccccc1. The lowest BCUT2D eigenvalue weighted by Gasteiger charge is -2.23. The van der Waals surface area contributed by atoms with Crippen molar-refractivity contribution >= 4 is 17.6 Å². The van der Waals surface area contributed by atoms with E-state index in [1.54, 1.807) is 17.0 Å². The molecule has 5 rings (SSSR count).